The number of hydrogen-bond acceptors (Lipinski definition) is 6. The van der Waals surface area contributed by atoms with E-state index in [4.69, 9.17) is 0 Å². The van der Waals surface area contributed by atoms with E-state index in [9.17, 15) is 9.59 Å². The highest BCUT2D eigenvalue weighted by Crippen LogP contribution is 2.18. The van der Waals surface area contributed by atoms with Crippen LogP contribution in [0.1, 0.15) is 43.2 Å². The molecule has 9 heteroatoms. The van der Waals surface area contributed by atoms with Gasteiger partial charge in [0.1, 0.15) is 5.69 Å². The van der Waals surface area contributed by atoms with Crippen molar-refractivity contribution in [2.24, 2.45) is 10.2 Å². The molecule has 3 N–H and O–H groups in total. The van der Waals surface area contributed by atoms with Gasteiger partial charge in [-0.3, -0.25) is 9.59 Å². The molecule has 0 saturated carbocycles. The SMILES string of the molecule is Cc1[nH]c(C(=O)N/N=C\c2ccc(N(C)C)cc2)c(C)c1C(=O)N/N=C\c1ccc(N(C)C)cc1. The standard InChI is InChI=1S/C26H31N7O2/c1-17-23(25(34)30-27-15-19-7-11-21(12-8-19)32(3)4)18(2)29-24(17)26(35)31-28-16-20-9-13-22(14-10-20)33(5)6/h7-16,29H,1-6H3,(H,30,34)(H,31,35)/b27-15-,28-16-. The van der Waals surface area contributed by atoms with Crippen molar-refractivity contribution in [1.29, 1.82) is 0 Å². The second-order valence-corrected chi connectivity index (χ2v) is 8.50. The fraction of sp³-hybridized carbons (Fsp3) is 0.231. The molecule has 0 radical (unpaired) electrons. The third-order valence-electron chi connectivity index (χ3n) is 5.47. The number of nitrogens with one attached hydrogen (secondary N) is 3. The number of amides is 2. The molecule has 2 amide bonds. The first-order valence-electron chi connectivity index (χ1n) is 11.1. The lowest BCUT2D eigenvalue weighted by molar-refractivity contribution is 0.0948. The average Bonchev–Trinajstić information content (AvgIpc) is 3.13. The first-order chi connectivity index (χ1) is 16.7. The molecule has 0 aliphatic rings. The van der Waals surface area contributed by atoms with Crippen molar-refractivity contribution < 1.29 is 9.59 Å². The molecule has 0 saturated heterocycles. The van der Waals surface area contributed by atoms with E-state index in [0.717, 1.165) is 22.5 Å². The zero-order valence-electron chi connectivity index (χ0n) is 20.9. The summed E-state index contributed by atoms with van der Waals surface area (Å²) >= 11 is 0. The molecule has 0 bridgehead atoms. The highest BCUT2D eigenvalue weighted by Gasteiger charge is 2.21. The summed E-state index contributed by atoms with van der Waals surface area (Å²) < 4.78 is 0. The van der Waals surface area contributed by atoms with Crippen molar-refractivity contribution in [3.8, 4) is 0 Å². The van der Waals surface area contributed by atoms with Crippen LogP contribution in [0.15, 0.2) is 58.7 Å². The summed E-state index contributed by atoms with van der Waals surface area (Å²) in [5.41, 5.74) is 10.6. The van der Waals surface area contributed by atoms with Crippen LogP contribution in [0.25, 0.3) is 0 Å². The molecule has 3 aromatic rings. The minimum Gasteiger partial charge on any atom is -0.378 e. The van der Waals surface area contributed by atoms with Crippen molar-refractivity contribution in [3.63, 3.8) is 0 Å². The minimum absolute atomic E-state index is 0.274. The Kier molecular flexibility index (Phi) is 8.04. The summed E-state index contributed by atoms with van der Waals surface area (Å²) in [6, 6.07) is 15.5. The van der Waals surface area contributed by atoms with E-state index in [2.05, 4.69) is 26.0 Å². The fourth-order valence-electron chi connectivity index (χ4n) is 3.48. The lowest BCUT2D eigenvalue weighted by atomic mass is 10.1. The highest BCUT2D eigenvalue weighted by atomic mass is 16.2. The summed E-state index contributed by atoms with van der Waals surface area (Å²) in [6.07, 6.45) is 3.14. The number of hydrogen-bond donors (Lipinski definition) is 3. The zero-order chi connectivity index (χ0) is 25.5. The van der Waals surface area contributed by atoms with Crippen molar-refractivity contribution in [2.45, 2.75) is 13.8 Å². The molecule has 182 valence electrons. The van der Waals surface area contributed by atoms with Gasteiger partial charge in [-0.15, -0.1) is 0 Å². The smallest absolute Gasteiger partial charge is 0.288 e. The van der Waals surface area contributed by atoms with Crippen molar-refractivity contribution in [2.75, 3.05) is 38.0 Å². The Labute approximate surface area is 205 Å². The lowest BCUT2D eigenvalue weighted by Gasteiger charge is -2.11. The lowest BCUT2D eigenvalue weighted by Crippen LogP contribution is -2.21. The van der Waals surface area contributed by atoms with Crippen LogP contribution >= 0.6 is 0 Å². The van der Waals surface area contributed by atoms with E-state index in [0.29, 0.717) is 16.8 Å². The first kappa shape index (κ1) is 25.2. The number of benzene rings is 2. The van der Waals surface area contributed by atoms with Gasteiger partial charge in [0, 0.05) is 45.3 Å². The molecule has 0 aliphatic heterocycles. The van der Waals surface area contributed by atoms with Crippen LogP contribution in [0.5, 0.6) is 0 Å². The summed E-state index contributed by atoms with van der Waals surface area (Å²) in [5, 5.41) is 8.08. The molecular formula is C26H31N7O2. The second kappa shape index (κ2) is 11.1. The second-order valence-electron chi connectivity index (χ2n) is 8.50. The third-order valence-corrected chi connectivity index (χ3v) is 5.47. The van der Waals surface area contributed by atoms with Gasteiger partial charge >= 0.3 is 0 Å². The topological polar surface area (TPSA) is 105 Å². The molecule has 0 aliphatic carbocycles. The Bertz CT molecular complexity index is 1240. The van der Waals surface area contributed by atoms with Gasteiger partial charge in [0.05, 0.1) is 18.0 Å². The molecule has 0 unspecified atom stereocenters. The highest BCUT2D eigenvalue weighted by molar-refractivity contribution is 6.03. The Hall–Kier alpha value is -4.40. The molecule has 0 fully saturated rings. The maximum absolute atomic E-state index is 12.7. The third kappa shape index (κ3) is 6.35. The van der Waals surface area contributed by atoms with Crippen LogP contribution in [-0.2, 0) is 0 Å². The molecule has 1 aromatic heterocycles. The summed E-state index contributed by atoms with van der Waals surface area (Å²) in [5.74, 6) is -0.837. The molecule has 0 spiro atoms. The van der Waals surface area contributed by atoms with Crippen molar-refractivity contribution >= 4 is 35.6 Å². The van der Waals surface area contributed by atoms with Crippen molar-refractivity contribution in [3.05, 3.63) is 82.2 Å². The van der Waals surface area contributed by atoms with Gasteiger partial charge in [-0.2, -0.15) is 10.2 Å². The summed E-state index contributed by atoms with van der Waals surface area (Å²) in [4.78, 5) is 32.3. The number of rotatable bonds is 8. The minimum atomic E-state index is -0.435. The quantitative estimate of drug-likeness (QED) is 0.345. The van der Waals surface area contributed by atoms with Crippen LogP contribution in [-0.4, -0.2) is 57.4 Å². The first-order valence-corrected chi connectivity index (χ1v) is 11.1. The summed E-state index contributed by atoms with van der Waals surface area (Å²) in [6.45, 7) is 3.44. The van der Waals surface area contributed by atoms with Gasteiger partial charge in [0.25, 0.3) is 11.8 Å². The number of aromatic nitrogens is 1. The van der Waals surface area contributed by atoms with Crippen LogP contribution < -0.4 is 20.7 Å². The number of hydrazone groups is 2. The summed E-state index contributed by atoms with van der Waals surface area (Å²) in [7, 11) is 7.87. The average molecular weight is 474 g/mol. The van der Waals surface area contributed by atoms with Crippen LogP contribution in [0.4, 0.5) is 11.4 Å². The Morgan fingerprint density at radius 1 is 0.743 bits per heavy atom. The van der Waals surface area contributed by atoms with Gasteiger partial charge in [-0.1, -0.05) is 24.3 Å². The predicted octanol–water partition coefficient (Wildman–Crippen LogP) is 3.29. The molecule has 9 nitrogen and oxygen atoms in total. The molecule has 1 heterocycles. The van der Waals surface area contributed by atoms with Gasteiger partial charge in [-0.05, 0) is 54.8 Å². The number of H-pyrrole nitrogens is 1. The number of anilines is 2. The van der Waals surface area contributed by atoms with E-state index < -0.39 is 11.8 Å². The zero-order valence-corrected chi connectivity index (χ0v) is 20.9. The molecule has 35 heavy (non-hydrogen) atoms. The van der Waals surface area contributed by atoms with Crippen LogP contribution in [0.3, 0.4) is 0 Å². The largest absolute Gasteiger partial charge is 0.378 e. The van der Waals surface area contributed by atoms with Crippen LogP contribution in [0.2, 0.25) is 0 Å². The fourth-order valence-corrected chi connectivity index (χ4v) is 3.48. The van der Waals surface area contributed by atoms with E-state index in [1.807, 2.05) is 86.5 Å². The van der Waals surface area contributed by atoms with E-state index in [-0.39, 0.29) is 5.69 Å². The molecule has 2 aromatic carbocycles. The Morgan fingerprint density at radius 2 is 1.17 bits per heavy atom. The number of carbonyl (C=O) groups is 2. The van der Waals surface area contributed by atoms with E-state index in [1.54, 1.807) is 26.3 Å². The predicted molar refractivity (Wildman–Crippen MR) is 142 cm³/mol. The molecule has 0 atom stereocenters. The van der Waals surface area contributed by atoms with Gasteiger partial charge in [0.2, 0.25) is 0 Å². The monoisotopic (exact) mass is 473 g/mol. The molecule has 3 rings (SSSR count). The van der Waals surface area contributed by atoms with E-state index in [1.165, 1.54) is 0 Å². The Morgan fingerprint density at radius 3 is 1.60 bits per heavy atom. The molecular weight excluding hydrogens is 442 g/mol. The number of aromatic amines is 1. The van der Waals surface area contributed by atoms with Crippen molar-refractivity contribution in [1.82, 2.24) is 15.8 Å². The Balaban J connectivity index is 1.62. The van der Waals surface area contributed by atoms with Gasteiger partial charge in [-0.25, -0.2) is 10.9 Å². The van der Waals surface area contributed by atoms with E-state index >= 15 is 0 Å². The van der Waals surface area contributed by atoms with Gasteiger partial charge < -0.3 is 14.8 Å². The van der Waals surface area contributed by atoms with Crippen LogP contribution in [0, 0.1) is 13.8 Å². The normalized spacial score (nSPS) is 11.1. The number of aryl methyl sites for hydroxylation is 1. The maximum Gasteiger partial charge on any atom is 0.288 e. The maximum atomic E-state index is 12.7. The van der Waals surface area contributed by atoms with Gasteiger partial charge in [0.15, 0.2) is 0 Å². The number of nitrogens with zero attached hydrogens (tertiary/aromatic N) is 4. The number of carbonyl (C=O) groups excluding carboxylic acids is 2.